The van der Waals surface area contributed by atoms with Crippen LogP contribution in [0.1, 0.15) is 42.4 Å². The molecule has 1 atom stereocenters. The summed E-state index contributed by atoms with van der Waals surface area (Å²) in [5.41, 5.74) is 0.576. The lowest BCUT2D eigenvalue weighted by Crippen LogP contribution is -2.57. The molecule has 0 bridgehead atoms. The fourth-order valence-corrected chi connectivity index (χ4v) is 5.69. The van der Waals surface area contributed by atoms with Gasteiger partial charge in [-0.15, -0.1) is 0 Å². The number of ether oxygens (including phenoxy) is 1. The van der Waals surface area contributed by atoms with Crippen LogP contribution in [0.2, 0.25) is 0 Å². The Bertz CT molecular complexity index is 1150. The molecular weight excluding hydrogens is 503 g/mol. The Kier molecular flexibility index (Phi) is 7.64. The van der Waals surface area contributed by atoms with Crippen molar-refractivity contribution in [1.29, 1.82) is 0 Å². The minimum Gasteiger partial charge on any atom is -0.482 e. The van der Waals surface area contributed by atoms with Crippen molar-refractivity contribution < 1.29 is 35.1 Å². The summed E-state index contributed by atoms with van der Waals surface area (Å²) in [5.74, 6) is -2.13. The molecule has 4 rings (SSSR count). The van der Waals surface area contributed by atoms with Gasteiger partial charge in [0.1, 0.15) is 6.10 Å². The van der Waals surface area contributed by atoms with Crippen molar-refractivity contribution in [2.75, 3.05) is 32.4 Å². The molecule has 2 aromatic rings. The molecule has 2 fully saturated rings. The summed E-state index contributed by atoms with van der Waals surface area (Å²) in [6.07, 6.45) is -2.10. The maximum atomic E-state index is 14.7. The molecule has 0 amide bonds. The third kappa shape index (κ3) is 6.18. The Morgan fingerprint density at radius 3 is 2.08 bits per heavy atom. The van der Waals surface area contributed by atoms with Crippen LogP contribution in [0.15, 0.2) is 36.4 Å². The number of hydrogen-bond acceptors (Lipinski definition) is 4. The van der Waals surface area contributed by atoms with Gasteiger partial charge in [0.25, 0.3) is 0 Å². The van der Waals surface area contributed by atoms with E-state index in [0.717, 1.165) is 24.0 Å². The molecule has 2 heterocycles. The highest BCUT2D eigenvalue weighted by molar-refractivity contribution is 7.88. The first kappa shape index (κ1) is 26.8. The zero-order valence-electron chi connectivity index (χ0n) is 20.1. The Balaban J connectivity index is 1.29. The number of nitrogens with zero attached hydrogens (tertiary/aromatic N) is 2. The van der Waals surface area contributed by atoms with Crippen LogP contribution in [-0.4, -0.2) is 62.2 Å². The first-order valence-electron chi connectivity index (χ1n) is 11.8. The van der Waals surface area contributed by atoms with Crippen LogP contribution >= 0.6 is 0 Å². The van der Waals surface area contributed by atoms with E-state index in [9.17, 15) is 30.4 Å². The van der Waals surface area contributed by atoms with Crippen molar-refractivity contribution in [2.24, 2.45) is 0 Å². The van der Waals surface area contributed by atoms with E-state index in [4.69, 9.17) is 4.74 Å². The Morgan fingerprint density at radius 2 is 1.58 bits per heavy atom. The third-order valence-corrected chi connectivity index (χ3v) is 8.31. The topological polar surface area (TPSA) is 49.9 Å². The fourth-order valence-electron chi connectivity index (χ4n) is 4.82. The van der Waals surface area contributed by atoms with Crippen LogP contribution in [0, 0.1) is 11.6 Å². The van der Waals surface area contributed by atoms with Crippen molar-refractivity contribution in [3.05, 3.63) is 64.7 Å². The molecule has 2 aliphatic heterocycles. The maximum Gasteiger partial charge on any atom is 0.416 e. The standard InChI is InChI=1S/C25H29F5N2O3S/c1-16(11-17-3-5-20(6-4-17)25(28,29)30)31-14-21(15-31)35-24-22(26)12-19(13-23(24)27)18-7-9-32(10-8-18)36(2,33)34/h3-6,12-13,16,18,21H,7-11,14-15H2,1-2H3. The van der Waals surface area contributed by atoms with E-state index in [1.54, 1.807) is 0 Å². The molecule has 11 heteroatoms. The molecule has 198 valence electrons. The lowest BCUT2D eigenvalue weighted by molar-refractivity contribution is -0.137. The van der Waals surface area contributed by atoms with Crippen molar-refractivity contribution in [1.82, 2.24) is 9.21 Å². The first-order valence-corrected chi connectivity index (χ1v) is 13.7. The van der Waals surface area contributed by atoms with Gasteiger partial charge in [0.05, 0.1) is 11.8 Å². The molecule has 5 nitrogen and oxygen atoms in total. The molecule has 0 aromatic heterocycles. The molecule has 0 aliphatic carbocycles. The average molecular weight is 533 g/mol. The second-order valence-electron chi connectivity index (χ2n) is 9.69. The van der Waals surface area contributed by atoms with E-state index in [-0.39, 0.29) is 12.0 Å². The quantitative estimate of drug-likeness (QED) is 0.480. The van der Waals surface area contributed by atoms with E-state index in [1.807, 2.05) is 11.8 Å². The summed E-state index contributed by atoms with van der Waals surface area (Å²) in [5, 5.41) is 0. The van der Waals surface area contributed by atoms with Crippen LogP contribution < -0.4 is 4.74 Å². The van der Waals surface area contributed by atoms with Crippen LogP contribution in [0.25, 0.3) is 0 Å². The summed E-state index contributed by atoms with van der Waals surface area (Å²) in [4.78, 5) is 2.04. The molecule has 1 unspecified atom stereocenters. The first-order chi connectivity index (χ1) is 16.8. The third-order valence-electron chi connectivity index (χ3n) is 7.01. The minimum absolute atomic E-state index is 0.0245. The van der Waals surface area contributed by atoms with Gasteiger partial charge in [-0.25, -0.2) is 21.5 Å². The molecule has 0 spiro atoms. The lowest BCUT2D eigenvalue weighted by atomic mass is 9.90. The van der Waals surface area contributed by atoms with Gasteiger partial charge in [0.2, 0.25) is 10.0 Å². The van der Waals surface area contributed by atoms with Gasteiger partial charge >= 0.3 is 6.18 Å². The second kappa shape index (κ2) is 10.3. The number of sulfonamides is 1. The molecule has 0 N–H and O–H groups in total. The highest BCUT2D eigenvalue weighted by atomic mass is 32.2. The molecule has 2 aliphatic rings. The largest absolute Gasteiger partial charge is 0.482 e. The van der Waals surface area contributed by atoms with Crippen LogP contribution in [0.3, 0.4) is 0 Å². The van der Waals surface area contributed by atoms with Gasteiger partial charge in [-0.1, -0.05) is 12.1 Å². The monoisotopic (exact) mass is 532 g/mol. The van der Waals surface area contributed by atoms with Gasteiger partial charge in [-0.3, -0.25) is 4.90 Å². The van der Waals surface area contributed by atoms with Gasteiger partial charge < -0.3 is 4.74 Å². The lowest BCUT2D eigenvalue weighted by Gasteiger charge is -2.43. The maximum absolute atomic E-state index is 14.7. The van der Waals surface area contributed by atoms with Crippen molar-refractivity contribution in [2.45, 2.75) is 50.4 Å². The van der Waals surface area contributed by atoms with Crippen LogP contribution in [0.4, 0.5) is 22.0 Å². The van der Waals surface area contributed by atoms with Gasteiger partial charge in [-0.2, -0.15) is 13.2 Å². The summed E-state index contributed by atoms with van der Waals surface area (Å²) in [6.45, 7) is 3.47. The number of benzene rings is 2. The van der Waals surface area contributed by atoms with Gasteiger partial charge in [-0.05, 0) is 67.5 Å². The van der Waals surface area contributed by atoms with E-state index in [0.29, 0.717) is 51.0 Å². The summed E-state index contributed by atoms with van der Waals surface area (Å²) < 4.78 is 98.0. The minimum atomic E-state index is -4.37. The van der Waals surface area contributed by atoms with Crippen LogP contribution in [-0.2, 0) is 22.6 Å². The van der Waals surface area contributed by atoms with E-state index < -0.39 is 45.3 Å². The van der Waals surface area contributed by atoms with E-state index >= 15 is 0 Å². The normalized spacial score (nSPS) is 19.8. The van der Waals surface area contributed by atoms with Crippen molar-refractivity contribution in [3.8, 4) is 5.75 Å². The molecule has 36 heavy (non-hydrogen) atoms. The fraction of sp³-hybridized carbons (Fsp3) is 0.520. The average Bonchev–Trinajstić information content (AvgIpc) is 2.76. The number of halogens is 5. The van der Waals surface area contributed by atoms with Crippen molar-refractivity contribution >= 4 is 10.0 Å². The predicted octanol–water partition coefficient (Wildman–Crippen LogP) is 4.82. The molecular formula is C25H29F5N2O3S. The van der Waals surface area contributed by atoms with Crippen molar-refractivity contribution in [3.63, 3.8) is 0 Å². The Hall–Kier alpha value is -2.24. The van der Waals surface area contributed by atoms with Gasteiger partial charge in [0.15, 0.2) is 17.4 Å². The zero-order chi connectivity index (χ0) is 26.3. The number of hydrogen-bond donors (Lipinski definition) is 0. The highest BCUT2D eigenvalue weighted by Crippen LogP contribution is 2.34. The number of likely N-dealkylation sites (tertiary alicyclic amines) is 1. The SMILES string of the molecule is CC(Cc1ccc(C(F)(F)F)cc1)N1CC(Oc2c(F)cc(C3CCN(S(C)(=O)=O)CC3)cc2F)C1. The number of alkyl halides is 3. The van der Waals surface area contributed by atoms with Gasteiger partial charge in [0, 0.05) is 32.2 Å². The molecule has 2 saturated heterocycles. The molecule has 0 saturated carbocycles. The summed E-state index contributed by atoms with van der Waals surface area (Å²) in [6, 6.07) is 7.61. The molecule has 0 radical (unpaired) electrons. The smallest absolute Gasteiger partial charge is 0.416 e. The van der Waals surface area contributed by atoms with Crippen LogP contribution in [0.5, 0.6) is 5.75 Å². The number of rotatable bonds is 7. The second-order valence-corrected chi connectivity index (χ2v) is 11.7. The van der Waals surface area contributed by atoms with E-state index in [1.165, 1.54) is 28.6 Å². The molecule has 2 aromatic carbocycles. The predicted molar refractivity (Wildman–Crippen MR) is 125 cm³/mol. The Labute approximate surface area is 207 Å². The summed E-state index contributed by atoms with van der Waals surface area (Å²) >= 11 is 0. The van der Waals surface area contributed by atoms with E-state index in [2.05, 4.69) is 0 Å². The highest BCUT2D eigenvalue weighted by Gasteiger charge is 2.34. The zero-order valence-corrected chi connectivity index (χ0v) is 20.9. The number of piperidine rings is 1. The summed E-state index contributed by atoms with van der Waals surface area (Å²) in [7, 11) is -3.28. The Morgan fingerprint density at radius 1 is 1.03 bits per heavy atom.